The van der Waals surface area contributed by atoms with Crippen molar-refractivity contribution in [3.8, 4) is 11.5 Å². The third kappa shape index (κ3) is 4.99. The number of ether oxygens (including phenoxy) is 2. The Morgan fingerprint density at radius 3 is 2.35 bits per heavy atom. The van der Waals surface area contributed by atoms with E-state index in [9.17, 15) is 14.7 Å². The van der Waals surface area contributed by atoms with E-state index in [1.54, 1.807) is 0 Å². The van der Waals surface area contributed by atoms with Crippen molar-refractivity contribution in [1.82, 2.24) is 0 Å². The van der Waals surface area contributed by atoms with E-state index in [-0.39, 0.29) is 22.9 Å². The predicted octanol–water partition coefficient (Wildman–Crippen LogP) is 3.67. The predicted molar refractivity (Wildman–Crippen MR) is 99.3 cm³/mol. The first-order chi connectivity index (χ1) is 12.4. The molecule has 2 N–H and O–H groups in total. The number of benzene rings is 2. The first kappa shape index (κ1) is 19.3. The summed E-state index contributed by atoms with van der Waals surface area (Å²) in [5.74, 6) is -0.771. The van der Waals surface area contributed by atoms with Gasteiger partial charge in [-0.25, -0.2) is 4.79 Å². The van der Waals surface area contributed by atoms with Gasteiger partial charge in [0.2, 0.25) is 5.91 Å². The lowest BCUT2D eigenvalue weighted by molar-refractivity contribution is -0.116. The van der Waals surface area contributed by atoms with Crippen molar-refractivity contribution in [3.63, 3.8) is 0 Å². The molecule has 0 fully saturated rings. The van der Waals surface area contributed by atoms with Crippen LogP contribution in [-0.4, -0.2) is 31.2 Å². The first-order valence-electron chi connectivity index (χ1n) is 8.29. The number of hydrogen-bond donors (Lipinski definition) is 2. The highest BCUT2D eigenvalue weighted by Gasteiger charge is 2.17. The summed E-state index contributed by atoms with van der Waals surface area (Å²) in [4.78, 5) is 23.5. The van der Waals surface area contributed by atoms with Crippen LogP contribution in [0.15, 0.2) is 36.4 Å². The molecule has 0 saturated carbocycles. The third-order valence-corrected chi connectivity index (χ3v) is 3.99. The van der Waals surface area contributed by atoms with Gasteiger partial charge in [-0.1, -0.05) is 29.8 Å². The van der Waals surface area contributed by atoms with Gasteiger partial charge in [-0.3, -0.25) is 4.79 Å². The van der Waals surface area contributed by atoms with E-state index in [1.165, 1.54) is 37.5 Å². The average Bonchev–Trinajstić information content (AvgIpc) is 2.62. The van der Waals surface area contributed by atoms with Gasteiger partial charge in [-0.2, -0.15) is 0 Å². The smallest absolute Gasteiger partial charge is 0.335 e. The number of amides is 1. The minimum Gasteiger partial charge on any atom is -0.493 e. The molecule has 0 saturated heterocycles. The highest BCUT2D eigenvalue weighted by atomic mass is 16.5. The van der Waals surface area contributed by atoms with E-state index in [2.05, 4.69) is 17.4 Å². The Morgan fingerprint density at radius 1 is 1.08 bits per heavy atom. The van der Waals surface area contributed by atoms with Gasteiger partial charge >= 0.3 is 5.97 Å². The van der Waals surface area contributed by atoms with Gasteiger partial charge in [0.15, 0.2) is 11.5 Å². The number of carbonyl (C=O) groups excluding carboxylic acids is 1. The number of carbonyl (C=O) groups is 2. The Morgan fingerprint density at radius 2 is 1.77 bits per heavy atom. The second-order valence-corrected chi connectivity index (χ2v) is 5.95. The summed E-state index contributed by atoms with van der Waals surface area (Å²) in [5.41, 5.74) is 2.67. The van der Waals surface area contributed by atoms with Gasteiger partial charge in [0.05, 0.1) is 25.5 Å². The molecule has 0 aliphatic rings. The second-order valence-electron chi connectivity index (χ2n) is 5.95. The number of carboxylic acids is 1. The summed E-state index contributed by atoms with van der Waals surface area (Å²) in [5, 5.41) is 11.9. The van der Waals surface area contributed by atoms with Gasteiger partial charge < -0.3 is 19.9 Å². The van der Waals surface area contributed by atoms with Crippen molar-refractivity contribution in [2.45, 2.75) is 26.2 Å². The van der Waals surface area contributed by atoms with Crippen LogP contribution in [-0.2, 0) is 11.2 Å². The Balaban J connectivity index is 2.04. The van der Waals surface area contributed by atoms with Gasteiger partial charge in [0.1, 0.15) is 0 Å². The van der Waals surface area contributed by atoms with Gasteiger partial charge in [0.25, 0.3) is 0 Å². The number of aryl methyl sites for hydroxylation is 2. The van der Waals surface area contributed by atoms with Gasteiger partial charge in [0, 0.05) is 6.42 Å². The lowest BCUT2D eigenvalue weighted by atomic mass is 10.1. The standard InChI is InChI=1S/C20H23NO5/c1-13-7-9-14(10-8-13)5-4-6-18(22)21-16-11-15(20(23)24)12-17(25-2)19(16)26-3/h7-12H,4-6H2,1-3H3,(H,21,22)(H,23,24). The lowest BCUT2D eigenvalue weighted by Gasteiger charge is -2.14. The summed E-state index contributed by atoms with van der Waals surface area (Å²) in [6.45, 7) is 2.03. The molecule has 2 rings (SSSR count). The van der Waals surface area contributed by atoms with Crippen LogP contribution < -0.4 is 14.8 Å². The Hall–Kier alpha value is -3.02. The number of carboxylic acid groups (broad SMARTS) is 1. The number of aromatic carboxylic acids is 1. The van der Waals surface area contributed by atoms with E-state index in [0.29, 0.717) is 18.6 Å². The normalized spacial score (nSPS) is 10.3. The topological polar surface area (TPSA) is 84.9 Å². The quantitative estimate of drug-likeness (QED) is 0.753. The van der Waals surface area contributed by atoms with Crippen LogP contribution in [0, 0.1) is 6.92 Å². The molecular weight excluding hydrogens is 334 g/mol. The zero-order chi connectivity index (χ0) is 19.1. The minimum absolute atomic E-state index is 0.0117. The summed E-state index contributed by atoms with van der Waals surface area (Å²) in [7, 11) is 2.85. The summed E-state index contributed by atoms with van der Waals surface area (Å²) < 4.78 is 10.4. The molecule has 0 aromatic heterocycles. The molecule has 138 valence electrons. The molecule has 0 aliphatic heterocycles. The molecule has 0 spiro atoms. The van der Waals surface area contributed by atoms with E-state index < -0.39 is 5.97 Å². The molecule has 0 atom stereocenters. The molecular formula is C20H23NO5. The highest BCUT2D eigenvalue weighted by Crippen LogP contribution is 2.36. The molecule has 0 aliphatic carbocycles. The Kier molecular flexibility index (Phi) is 6.60. The average molecular weight is 357 g/mol. The number of rotatable bonds is 8. The fraction of sp³-hybridized carbons (Fsp3) is 0.300. The molecule has 0 bridgehead atoms. The molecule has 0 radical (unpaired) electrons. The van der Waals surface area contributed by atoms with Crippen molar-refractivity contribution < 1.29 is 24.2 Å². The first-order valence-corrected chi connectivity index (χ1v) is 8.29. The fourth-order valence-electron chi connectivity index (χ4n) is 2.60. The summed E-state index contributed by atoms with van der Waals surface area (Å²) >= 11 is 0. The molecule has 0 unspecified atom stereocenters. The minimum atomic E-state index is -1.11. The van der Waals surface area contributed by atoms with Crippen molar-refractivity contribution in [2.75, 3.05) is 19.5 Å². The second kappa shape index (κ2) is 8.89. The number of nitrogens with one attached hydrogen (secondary N) is 1. The molecule has 6 nitrogen and oxygen atoms in total. The largest absolute Gasteiger partial charge is 0.493 e. The van der Waals surface area contributed by atoms with E-state index in [4.69, 9.17) is 9.47 Å². The third-order valence-electron chi connectivity index (χ3n) is 3.99. The fourth-order valence-corrected chi connectivity index (χ4v) is 2.60. The molecule has 26 heavy (non-hydrogen) atoms. The number of methoxy groups -OCH3 is 2. The molecule has 2 aromatic carbocycles. The monoisotopic (exact) mass is 357 g/mol. The van der Waals surface area contributed by atoms with E-state index in [1.807, 2.05) is 19.1 Å². The molecule has 2 aromatic rings. The lowest BCUT2D eigenvalue weighted by Crippen LogP contribution is -2.13. The van der Waals surface area contributed by atoms with Crippen LogP contribution in [0.3, 0.4) is 0 Å². The van der Waals surface area contributed by atoms with Crippen molar-refractivity contribution in [1.29, 1.82) is 0 Å². The van der Waals surface area contributed by atoms with Crippen LogP contribution in [0.2, 0.25) is 0 Å². The number of anilines is 1. The van der Waals surface area contributed by atoms with Crippen LogP contribution in [0.1, 0.15) is 34.3 Å². The van der Waals surface area contributed by atoms with Crippen molar-refractivity contribution >= 4 is 17.6 Å². The summed E-state index contributed by atoms with van der Waals surface area (Å²) in [6.07, 6.45) is 1.80. The van der Waals surface area contributed by atoms with E-state index in [0.717, 1.165) is 6.42 Å². The maximum Gasteiger partial charge on any atom is 0.335 e. The molecule has 6 heteroatoms. The van der Waals surface area contributed by atoms with Crippen LogP contribution in [0.4, 0.5) is 5.69 Å². The maximum atomic E-state index is 12.3. The molecule has 1 amide bonds. The van der Waals surface area contributed by atoms with E-state index >= 15 is 0 Å². The van der Waals surface area contributed by atoms with Gasteiger partial charge in [-0.15, -0.1) is 0 Å². The highest BCUT2D eigenvalue weighted by molar-refractivity contribution is 5.96. The Labute approximate surface area is 152 Å². The Bertz CT molecular complexity index is 784. The summed E-state index contributed by atoms with van der Waals surface area (Å²) in [6, 6.07) is 10.9. The van der Waals surface area contributed by atoms with Crippen molar-refractivity contribution in [2.24, 2.45) is 0 Å². The zero-order valence-corrected chi connectivity index (χ0v) is 15.2. The number of hydrogen-bond acceptors (Lipinski definition) is 4. The molecule has 0 heterocycles. The SMILES string of the molecule is COc1cc(C(=O)O)cc(NC(=O)CCCc2ccc(C)cc2)c1OC. The van der Waals surface area contributed by atoms with Crippen LogP contribution in [0.5, 0.6) is 11.5 Å². The van der Waals surface area contributed by atoms with Crippen LogP contribution in [0.25, 0.3) is 0 Å². The van der Waals surface area contributed by atoms with Gasteiger partial charge in [-0.05, 0) is 37.5 Å². The maximum absolute atomic E-state index is 12.3. The zero-order valence-electron chi connectivity index (χ0n) is 15.2. The van der Waals surface area contributed by atoms with Crippen molar-refractivity contribution in [3.05, 3.63) is 53.1 Å². The van der Waals surface area contributed by atoms with Crippen LogP contribution >= 0.6 is 0 Å².